The Morgan fingerprint density at radius 3 is 2.78 bits per heavy atom. The van der Waals surface area contributed by atoms with Crippen molar-refractivity contribution in [1.82, 2.24) is 10.2 Å². The molecule has 0 heterocycles. The first-order valence-corrected chi connectivity index (χ1v) is 6.25. The molecule has 1 aromatic carbocycles. The maximum atomic E-state index is 11.7. The molecule has 0 saturated heterocycles. The van der Waals surface area contributed by atoms with Crippen LogP contribution in [0.15, 0.2) is 24.3 Å². The van der Waals surface area contributed by atoms with Gasteiger partial charge in [-0.3, -0.25) is 9.69 Å². The van der Waals surface area contributed by atoms with E-state index in [4.69, 9.17) is 16.7 Å². The molecule has 0 aromatic heterocycles. The number of halogens is 1. The first-order chi connectivity index (χ1) is 8.54. The number of hydrogen-bond donors (Lipinski definition) is 2. The minimum atomic E-state index is -0.131. The van der Waals surface area contributed by atoms with Gasteiger partial charge in [0, 0.05) is 11.6 Å². The molecule has 0 bridgehead atoms. The van der Waals surface area contributed by atoms with Gasteiger partial charge in [0.1, 0.15) is 0 Å². The molecule has 1 amide bonds. The van der Waals surface area contributed by atoms with Crippen molar-refractivity contribution in [1.29, 1.82) is 0 Å². The predicted octanol–water partition coefficient (Wildman–Crippen LogP) is 1.44. The van der Waals surface area contributed by atoms with Gasteiger partial charge in [0.2, 0.25) is 5.91 Å². The second kappa shape index (κ2) is 7.36. The summed E-state index contributed by atoms with van der Waals surface area (Å²) in [5, 5.41) is 12.3. The molecule has 1 rings (SSSR count). The summed E-state index contributed by atoms with van der Waals surface area (Å²) >= 11 is 6.06. The van der Waals surface area contributed by atoms with E-state index in [1.54, 1.807) is 18.0 Å². The Kier molecular flexibility index (Phi) is 6.12. The van der Waals surface area contributed by atoms with Gasteiger partial charge < -0.3 is 10.4 Å². The van der Waals surface area contributed by atoms with E-state index in [-0.39, 0.29) is 25.1 Å². The van der Waals surface area contributed by atoms with Gasteiger partial charge in [-0.05, 0) is 25.6 Å². The molecule has 4 nitrogen and oxygen atoms in total. The molecule has 1 atom stereocenters. The first-order valence-electron chi connectivity index (χ1n) is 5.87. The van der Waals surface area contributed by atoms with E-state index >= 15 is 0 Å². The SMILES string of the molecule is CC(NC(=O)CN(C)CCO)c1ccccc1Cl. The zero-order valence-electron chi connectivity index (χ0n) is 10.7. The van der Waals surface area contributed by atoms with Crippen molar-refractivity contribution >= 4 is 17.5 Å². The topological polar surface area (TPSA) is 52.6 Å². The van der Waals surface area contributed by atoms with Gasteiger partial charge >= 0.3 is 0 Å². The molecule has 0 radical (unpaired) electrons. The number of rotatable bonds is 6. The highest BCUT2D eigenvalue weighted by atomic mass is 35.5. The Labute approximate surface area is 113 Å². The van der Waals surface area contributed by atoms with Crippen LogP contribution in [-0.2, 0) is 4.79 Å². The minimum Gasteiger partial charge on any atom is -0.395 e. The molecule has 0 fully saturated rings. The van der Waals surface area contributed by atoms with Crippen LogP contribution < -0.4 is 5.32 Å². The summed E-state index contributed by atoms with van der Waals surface area (Å²) < 4.78 is 0. The Balaban J connectivity index is 2.52. The molecule has 5 heteroatoms. The van der Waals surface area contributed by atoms with Gasteiger partial charge in [-0.2, -0.15) is 0 Å². The molecule has 1 aromatic rings. The fourth-order valence-electron chi connectivity index (χ4n) is 1.69. The third kappa shape index (κ3) is 4.64. The minimum absolute atomic E-state index is 0.0455. The fourth-order valence-corrected chi connectivity index (χ4v) is 1.99. The van der Waals surface area contributed by atoms with Crippen LogP contribution in [0.4, 0.5) is 0 Å². The highest BCUT2D eigenvalue weighted by molar-refractivity contribution is 6.31. The molecule has 0 aliphatic carbocycles. The van der Waals surface area contributed by atoms with Crippen LogP contribution in [0, 0.1) is 0 Å². The van der Waals surface area contributed by atoms with Crippen molar-refractivity contribution in [2.45, 2.75) is 13.0 Å². The summed E-state index contributed by atoms with van der Waals surface area (Å²) in [6.45, 7) is 2.68. The lowest BCUT2D eigenvalue weighted by Gasteiger charge is -2.19. The maximum absolute atomic E-state index is 11.7. The second-order valence-corrected chi connectivity index (χ2v) is 4.68. The van der Waals surface area contributed by atoms with Crippen molar-refractivity contribution in [3.63, 3.8) is 0 Å². The smallest absolute Gasteiger partial charge is 0.234 e. The van der Waals surface area contributed by atoms with Gasteiger partial charge in [0.05, 0.1) is 19.2 Å². The number of nitrogens with zero attached hydrogens (tertiary/aromatic N) is 1. The zero-order chi connectivity index (χ0) is 13.5. The number of aliphatic hydroxyl groups is 1. The lowest BCUT2D eigenvalue weighted by atomic mass is 10.1. The standard InChI is InChI=1S/C13H19ClN2O2/c1-10(11-5-3-4-6-12(11)14)15-13(18)9-16(2)7-8-17/h3-6,10,17H,7-9H2,1-2H3,(H,15,18). The predicted molar refractivity (Wildman–Crippen MR) is 72.6 cm³/mol. The number of aliphatic hydroxyl groups excluding tert-OH is 1. The monoisotopic (exact) mass is 270 g/mol. The quantitative estimate of drug-likeness (QED) is 0.823. The number of carbonyl (C=O) groups excluding carboxylic acids is 1. The Morgan fingerprint density at radius 2 is 2.17 bits per heavy atom. The van der Waals surface area contributed by atoms with E-state index in [0.717, 1.165) is 5.56 Å². The summed E-state index contributed by atoms with van der Waals surface area (Å²) in [6, 6.07) is 7.31. The molecule has 0 saturated carbocycles. The van der Waals surface area contributed by atoms with Gasteiger partial charge in [0.25, 0.3) is 0 Å². The van der Waals surface area contributed by atoms with E-state index in [1.165, 1.54) is 0 Å². The van der Waals surface area contributed by atoms with Crippen LogP contribution in [0.3, 0.4) is 0 Å². The van der Waals surface area contributed by atoms with E-state index in [0.29, 0.717) is 11.6 Å². The van der Waals surface area contributed by atoms with Crippen LogP contribution in [-0.4, -0.2) is 42.7 Å². The molecule has 0 aliphatic heterocycles. The van der Waals surface area contributed by atoms with Crippen molar-refractivity contribution < 1.29 is 9.90 Å². The van der Waals surface area contributed by atoms with E-state index in [1.807, 2.05) is 25.1 Å². The lowest BCUT2D eigenvalue weighted by Crippen LogP contribution is -2.37. The van der Waals surface area contributed by atoms with Crippen molar-refractivity contribution in [3.05, 3.63) is 34.9 Å². The van der Waals surface area contributed by atoms with E-state index in [2.05, 4.69) is 5.32 Å². The summed E-state index contributed by atoms with van der Waals surface area (Å²) in [7, 11) is 1.79. The van der Waals surface area contributed by atoms with Crippen molar-refractivity contribution in [2.24, 2.45) is 0 Å². The zero-order valence-corrected chi connectivity index (χ0v) is 11.4. The summed E-state index contributed by atoms with van der Waals surface area (Å²) in [5.41, 5.74) is 0.900. The molecular weight excluding hydrogens is 252 g/mol. The van der Waals surface area contributed by atoms with Crippen LogP contribution in [0.1, 0.15) is 18.5 Å². The Bertz CT molecular complexity index is 398. The Morgan fingerprint density at radius 1 is 1.50 bits per heavy atom. The number of nitrogens with one attached hydrogen (secondary N) is 1. The lowest BCUT2D eigenvalue weighted by molar-refractivity contribution is -0.122. The normalized spacial score (nSPS) is 12.5. The van der Waals surface area contributed by atoms with Gasteiger partial charge in [-0.25, -0.2) is 0 Å². The second-order valence-electron chi connectivity index (χ2n) is 4.27. The molecule has 100 valence electrons. The third-order valence-corrected chi connectivity index (χ3v) is 2.99. The molecule has 2 N–H and O–H groups in total. The summed E-state index contributed by atoms with van der Waals surface area (Å²) in [6.07, 6.45) is 0. The fraction of sp³-hybridized carbons (Fsp3) is 0.462. The van der Waals surface area contributed by atoms with E-state index < -0.39 is 0 Å². The van der Waals surface area contributed by atoms with Crippen LogP contribution >= 0.6 is 11.6 Å². The highest BCUT2D eigenvalue weighted by Gasteiger charge is 2.13. The van der Waals surface area contributed by atoms with E-state index in [9.17, 15) is 4.79 Å². The Hall–Kier alpha value is -1.10. The first kappa shape index (κ1) is 15.0. The molecule has 0 aliphatic rings. The molecule has 1 unspecified atom stereocenters. The van der Waals surface area contributed by atoms with Gasteiger partial charge in [-0.15, -0.1) is 0 Å². The maximum Gasteiger partial charge on any atom is 0.234 e. The number of carbonyl (C=O) groups is 1. The number of benzene rings is 1. The van der Waals surface area contributed by atoms with Crippen LogP contribution in [0.5, 0.6) is 0 Å². The highest BCUT2D eigenvalue weighted by Crippen LogP contribution is 2.21. The average Bonchev–Trinajstić information content (AvgIpc) is 2.29. The van der Waals surface area contributed by atoms with Crippen LogP contribution in [0.25, 0.3) is 0 Å². The average molecular weight is 271 g/mol. The van der Waals surface area contributed by atoms with Crippen molar-refractivity contribution in [3.8, 4) is 0 Å². The largest absolute Gasteiger partial charge is 0.395 e. The number of likely N-dealkylation sites (N-methyl/N-ethyl adjacent to an activating group) is 1. The molecular formula is C13H19ClN2O2. The van der Waals surface area contributed by atoms with Crippen molar-refractivity contribution in [2.75, 3.05) is 26.7 Å². The van der Waals surface area contributed by atoms with Crippen LogP contribution in [0.2, 0.25) is 5.02 Å². The molecule has 0 spiro atoms. The third-order valence-electron chi connectivity index (χ3n) is 2.64. The summed E-state index contributed by atoms with van der Waals surface area (Å²) in [4.78, 5) is 13.5. The van der Waals surface area contributed by atoms with Gasteiger partial charge in [-0.1, -0.05) is 29.8 Å². The number of amides is 1. The molecule has 18 heavy (non-hydrogen) atoms. The summed E-state index contributed by atoms with van der Waals surface area (Å²) in [5.74, 6) is -0.0848. The van der Waals surface area contributed by atoms with Gasteiger partial charge in [0.15, 0.2) is 0 Å². The number of hydrogen-bond acceptors (Lipinski definition) is 3.